The molecule has 20 heavy (non-hydrogen) atoms. The summed E-state index contributed by atoms with van der Waals surface area (Å²) in [5, 5.41) is 3.75. The van der Waals surface area contributed by atoms with Crippen molar-refractivity contribution in [2.24, 2.45) is 35.5 Å². The third-order valence-electron chi connectivity index (χ3n) is 5.94. The van der Waals surface area contributed by atoms with Crippen LogP contribution in [0.4, 0.5) is 0 Å². The zero-order valence-corrected chi connectivity index (χ0v) is 14.3. The average Bonchev–Trinajstić information content (AvgIpc) is 2.41. The molecule has 2 saturated carbocycles. The number of hydrogen-bond donors (Lipinski definition) is 1. The molecule has 3 atom stereocenters. The molecule has 2 aliphatic carbocycles. The van der Waals surface area contributed by atoms with Gasteiger partial charge in [-0.3, -0.25) is 0 Å². The van der Waals surface area contributed by atoms with Gasteiger partial charge in [0.1, 0.15) is 0 Å². The molecule has 0 aromatic rings. The first-order valence-electron chi connectivity index (χ1n) is 9.27. The summed E-state index contributed by atoms with van der Waals surface area (Å²) in [6.45, 7) is 12.0. The van der Waals surface area contributed by atoms with Crippen molar-refractivity contribution < 1.29 is 0 Å². The Balaban J connectivity index is 1.87. The Hall–Kier alpha value is -0.0400. The van der Waals surface area contributed by atoms with Crippen LogP contribution in [-0.4, -0.2) is 13.1 Å². The molecule has 0 radical (unpaired) electrons. The Morgan fingerprint density at radius 2 is 1.55 bits per heavy atom. The molecule has 118 valence electrons. The lowest BCUT2D eigenvalue weighted by molar-refractivity contribution is 0.0904. The molecule has 1 nitrogen and oxygen atoms in total. The highest BCUT2D eigenvalue weighted by Crippen LogP contribution is 2.44. The van der Waals surface area contributed by atoms with Crippen molar-refractivity contribution in [1.29, 1.82) is 0 Å². The first-order valence-corrected chi connectivity index (χ1v) is 9.27. The predicted molar refractivity (Wildman–Crippen MR) is 88.8 cm³/mol. The predicted octanol–water partition coefficient (Wildman–Crippen LogP) is 5.11. The van der Waals surface area contributed by atoms with Gasteiger partial charge in [-0.2, -0.15) is 0 Å². The first-order chi connectivity index (χ1) is 9.56. The van der Waals surface area contributed by atoms with Gasteiger partial charge < -0.3 is 5.32 Å². The Kier molecular flexibility index (Phi) is 6.39. The molecule has 2 rings (SSSR count). The van der Waals surface area contributed by atoms with E-state index < -0.39 is 0 Å². The van der Waals surface area contributed by atoms with Crippen molar-refractivity contribution in [3.8, 4) is 0 Å². The summed E-state index contributed by atoms with van der Waals surface area (Å²) >= 11 is 0. The second-order valence-electron chi connectivity index (χ2n) is 8.41. The summed E-state index contributed by atoms with van der Waals surface area (Å²) in [5.74, 6) is 5.77. The van der Waals surface area contributed by atoms with E-state index in [1.54, 1.807) is 0 Å². The van der Waals surface area contributed by atoms with Crippen LogP contribution in [0.15, 0.2) is 0 Å². The van der Waals surface area contributed by atoms with Gasteiger partial charge in [0, 0.05) is 0 Å². The highest BCUT2D eigenvalue weighted by molar-refractivity contribution is 4.86. The van der Waals surface area contributed by atoms with Gasteiger partial charge in [-0.15, -0.1) is 0 Å². The third-order valence-corrected chi connectivity index (χ3v) is 5.94. The molecule has 0 amide bonds. The maximum Gasteiger partial charge on any atom is -0.00176 e. The van der Waals surface area contributed by atoms with E-state index in [2.05, 4.69) is 33.0 Å². The van der Waals surface area contributed by atoms with Gasteiger partial charge in [-0.1, -0.05) is 47.0 Å². The normalized spacial score (nSPS) is 39.1. The second kappa shape index (κ2) is 7.82. The standard InChI is InChI=1S/C19H37N/c1-14(2)12-20-13-18-10-7-16(4)11-19(18)17-8-5-15(3)6-9-17/h14-20H,5-13H2,1-4H3. The van der Waals surface area contributed by atoms with Gasteiger partial charge in [0.25, 0.3) is 0 Å². The average molecular weight is 280 g/mol. The summed E-state index contributed by atoms with van der Waals surface area (Å²) < 4.78 is 0. The van der Waals surface area contributed by atoms with E-state index in [9.17, 15) is 0 Å². The van der Waals surface area contributed by atoms with Crippen LogP contribution in [0.5, 0.6) is 0 Å². The maximum atomic E-state index is 3.75. The molecule has 3 unspecified atom stereocenters. The highest BCUT2D eigenvalue weighted by Gasteiger charge is 2.35. The molecule has 2 fully saturated rings. The van der Waals surface area contributed by atoms with Gasteiger partial charge in [0.2, 0.25) is 0 Å². The summed E-state index contributed by atoms with van der Waals surface area (Å²) in [7, 11) is 0. The SMILES string of the molecule is CC(C)CNCC1CCC(C)CC1C1CCC(C)CC1. The van der Waals surface area contributed by atoms with Gasteiger partial charge in [-0.05, 0) is 74.3 Å². The molecule has 0 aromatic heterocycles. The Morgan fingerprint density at radius 3 is 2.20 bits per heavy atom. The van der Waals surface area contributed by atoms with Crippen molar-refractivity contribution in [1.82, 2.24) is 5.32 Å². The van der Waals surface area contributed by atoms with E-state index in [-0.39, 0.29) is 0 Å². The van der Waals surface area contributed by atoms with Crippen LogP contribution in [0, 0.1) is 35.5 Å². The Morgan fingerprint density at radius 1 is 0.900 bits per heavy atom. The van der Waals surface area contributed by atoms with Crippen LogP contribution in [0.2, 0.25) is 0 Å². The van der Waals surface area contributed by atoms with E-state index >= 15 is 0 Å². The topological polar surface area (TPSA) is 12.0 Å². The number of rotatable bonds is 5. The minimum atomic E-state index is 0.784. The second-order valence-corrected chi connectivity index (χ2v) is 8.41. The summed E-state index contributed by atoms with van der Waals surface area (Å²) in [6, 6.07) is 0. The molecule has 0 saturated heterocycles. The quantitative estimate of drug-likeness (QED) is 0.737. The van der Waals surface area contributed by atoms with Crippen LogP contribution in [0.1, 0.15) is 72.6 Å². The smallest absolute Gasteiger partial charge is 0.00176 e. The van der Waals surface area contributed by atoms with E-state index in [0.717, 1.165) is 35.5 Å². The molecule has 1 N–H and O–H groups in total. The highest BCUT2D eigenvalue weighted by atomic mass is 14.9. The van der Waals surface area contributed by atoms with Crippen molar-refractivity contribution in [2.75, 3.05) is 13.1 Å². The van der Waals surface area contributed by atoms with Crippen LogP contribution >= 0.6 is 0 Å². The first kappa shape index (κ1) is 16.3. The summed E-state index contributed by atoms with van der Waals surface area (Å²) in [4.78, 5) is 0. The van der Waals surface area contributed by atoms with Gasteiger partial charge in [0.15, 0.2) is 0 Å². The van der Waals surface area contributed by atoms with Crippen LogP contribution in [-0.2, 0) is 0 Å². The summed E-state index contributed by atoms with van der Waals surface area (Å²) in [6.07, 6.45) is 10.4. The van der Waals surface area contributed by atoms with Crippen molar-refractivity contribution >= 4 is 0 Å². The lowest BCUT2D eigenvalue weighted by Crippen LogP contribution is -2.38. The fourth-order valence-electron chi connectivity index (χ4n) is 4.59. The van der Waals surface area contributed by atoms with Gasteiger partial charge >= 0.3 is 0 Å². The lowest BCUT2D eigenvalue weighted by atomic mass is 9.64. The summed E-state index contributed by atoms with van der Waals surface area (Å²) in [5.41, 5.74) is 0. The van der Waals surface area contributed by atoms with Crippen LogP contribution in [0.3, 0.4) is 0 Å². The van der Waals surface area contributed by atoms with Crippen LogP contribution in [0.25, 0.3) is 0 Å². The molecule has 2 aliphatic rings. The molecular formula is C19H37N. The fraction of sp³-hybridized carbons (Fsp3) is 1.00. The van der Waals surface area contributed by atoms with Crippen molar-refractivity contribution in [2.45, 2.75) is 72.6 Å². The van der Waals surface area contributed by atoms with Crippen molar-refractivity contribution in [3.05, 3.63) is 0 Å². The van der Waals surface area contributed by atoms with Crippen molar-refractivity contribution in [3.63, 3.8) is 0 Å². The molecule has 0 spiro atoms. The van der Waals surface area contributed by atoms with E-state index in [4.69, 9.17) is 0 Å². The largest absolute Gasteiger partial charge is 0.316 e. The Bertz CT molecular complexity index is 265. The molecule has 1 heteroatoms. The van der Waals surface area contributed by atoms with E-state index in [1.807, 2.05) is 0 Å². The molecule has 0 aliphatic heterocycles. The van der Waals surface area contributed by atoms with Gasteiger partial charge in [-0.25, -0.2) is 0 Å². The lowest BCUT2D eigenvalue weighted by Gasteiger charge is -2.42. The Labute approximate surface area is 127 Å². The zero-order valence-electron chi connectivity index (χ0n) is 14.3. The third kappa shape index (κ3) is 4.76. The molecule has 0 aromatic carbocycles. The number of hydrogen-bond acceptors (Lipinski definition) is 1. The zero-order chi connectivity index (χ0) is 14.5. The molecule has 0 bridgehead atoms. The minimum absolute atomic E-state index is 0.784. The monoisotopic (exact) mass is 279 g/mol. The van der Waals surface area contributed by atoms with Gasteiger partial charge in [0.05, 0.1) is 0 Å². The molecule has 0 heterocycles. The van der Waals surface area contributed by atoms with E-state index in [0.29, 0.717) is 0 Å². The fourth-order valence-corrected chi connectivity index (χ4v) is 4.59. The number of nitrogens with one attached hydrogen (secondary N) is 1. The minimum Gasteiger partial charge on any atom is -0.316 e. The maximum absolute atomic E-state index is 3.75. The van der Waals surface area contributed by atoms with Crippen LogP contribution < -0.4 is 5.32 Å². The van der Waals surface area contributed by atoms with E-state index in [1.165, 1.54) is 58.0 Å². The molecular weight excluding hydrogens is 242 g/mol.